The summed E-state index contributed by atoms with van der Waals surface area (Å²) in [4.78, 5) is 21.2. The number of likely N-dealkylation sites (N-methyl/N-ethyl adjacent to an activating group) is 1. The van der Waals surface area contributed by atoms with E-state index in [-0.39, 0.29) is 5.91 Å². The summed E-state index contributed by atoms with van der Waals surface area (Å²) < 4.78 is 0. The molecule has 5 nitrogen and oxygen atoms in total. The number of aromatic nitrogens is 1. The highest BCUT2D eigenvalue weighted by Gasteiger charge is 2.24. The van der Waals surface area contributed by atoms with E-state index in [9.17, 15) is 4.79 Å². The lowest BCUT2D eigenvalue weighted by Crippen LogP contribution is -2.45. The first kappa shape index (κ1) is 21.4. The molecule has 0 saturated carbocycles. The molecular formula is C28H30N4O. The van der Waals surface area contributed by atoms with Gasteiger partial charge in [0, 0.05) is 38.4 Å². The van der Waals surface area contributed by atoms with Crippen LogP contribution in [-0.4, -0.2) is 60.5 Å². The van der Waals surface area contributed by atoms with Crippen LogP contribution in [0, 0.1) is 0 Å². The van der Waals surface area contributed by atoms with Gasteiger partial charge in [0.25, 0.3) is 5.91 Å². The molecule has 0 radical (unpaired) electrons. The first-order chi connectivity index (χ1) is 16.1. The predicted octanol–water partition coefficient (Wildman–Crippen LogP) is 4.39. The van der Waals surface area contributed by atoms with Crippen LogP contribution in [0.25, 0.3) is 33.3 Å². The SMILES string of the molecule is CN1CCN(CCc2c(-c3ccc4ccccc4c3)[nH]c(-c3ccccc3)c2C(N)=O)CC1. The molecule has 1 aromatic heterocycles. The number of fused-ring (bicyclic) bond motifs is 1. The lowest BCUT2D eigenvalue weighted by atomic mass is 9.97. The van der Waals surface area contributed by atoms with Gasteiger partial charge in [-0.25, -0.2) is 0 Å². The maximum atomic E-state index is 12.7. The summed E-state index contributed by atoms with van der Waals surface area (Å²) in [5.74, 6) is -0.384. The van der Waals surface area contributed by atoms with Crippen LogP contribution >= 0.6 is 0 Å². The van der Waals surface area contributed by atoms with Gasteiger partial charge in [-0.2, -0.15) is 0 Å². The van der Waals surface area contributed by atoms with E-state index < -0.39 is 0 Å². The highest BCUT2D eigenvalue weighted by atomic mass is 16.1. The Morgan fingerprint density at radius 3 is 2.27 bits per heavy atom. The number of nitrogens with one attached hydrogen (secondary N) is 1. The third-order valence-corrected chi connectivity index (χ3v) is 6.72. The number of amides is 1. The van der Waals surface area contributed by atoms with Crippen LogP contribution in [0.15, 0.2) is 72.8 Å². The van der Waals surface area contributed by atoms with Crippen molar-refractivity contribution in [2.24, 2.45) is 5.73 Å². The molecule has 0 bridgehead atoms. The Labute approximate surface area is 194 Å². The fraction of sp³-hybridized carbons (Fsp3) is 0.250. The fourth-order valence-corrected chi connectivity index (χ4v) is 4.81. The van der Waals surface area contributed by atoms with Crippen LogP contribution < -0.4 is 5.73 Å². The van der Waals surface area contributed by atoms with E-state index in [0.717, 1.165) is 67.2 Å². The number of primary amides is 1. The van der Waals surface area contributed by atoms with Gasteiger partial charge in [-0.05, 0) is 47.0 Å². The number of H-pyrrole nitrogens is 1. The monoisotopic (exact) mass is 438 g/mol. The second-order valence-corrected chi connectivity index (χ2v) is 8.92. The van der Waals surface area contributed by atoms with Gasteiger partial charge < -0.3 is 20.5 Å². The summed E-state index contributed by atoms with van der Waals surface area (Å²) in [6.45, 7) is 5.14. The summed E-state index contributed by atoms with van der Waals surface area (Å²) in [6.07, 6.45) is 0.771. The molecular weight excluding hydrogens is 408 g/mol. The number of hydrogen-bond acceptors (Lipinski definition) is 3. The molecule has 4 aromatic rings. The zero-order valence-corrected chi connectivity index (χ0v) is 19.1. The lowest BCUT2D eigenvalue weighted by Gasteiger charge is -2.32. The number of rotatable bonds is 6. The summed E-state index contributed by atoms with van der Waals surface area (Å²) in [5, 5.41) is 2.38. The quantitative estimate of drug-likeness (QED) is 0.469. The van der Waals surface area contributed by atoms with Gasteiger partial charge in [0.15, 0.2) is 0 Å². The summed E-state index contributed by atoms with van der Waals surface area (Å²) in [5.41, 5.74) is 11.4. The summed E-state index contributed by atoms with van der Waals surface area (Å²) >= 11 is 0. The van der Waals surface area contributed by atoms with E-state index in [1.165, 1.54) is 10.8 Å². The van der Waals surface area contributed by atoms with Crippen LogP contribution in [0.5, 0.6) is 0 Å². The molecule has 1 aliphatic heterocycles. The highest BCUT2D eigenvalue weighted by molar-refractivity contribution is 6.03. The third-order valence-electron chi connectivity index (χ3n) is 6.72. The van der Waals surface area contributed by atoms with Crippen molar-refractivity contribution in [1.29, 1.82) is 0 Å². The normalized spacial score (nSPS) is 15.2. The molecule has 5 heteroatoms. The standard InChI is InChI=1S/C28H30N4O/c1-31-15-17-32(18-16-31)14-13-24-25(28(29)33)27(21-8-3-2-4-9-21)30-26(24)23-12-11-20-7-5-6-10-22(20)19-23/h2-12,19,30H,13-18H2,1H3,(H2,29,33). The lowest BCUT2D eigenvalue weighted by molar-refractivity contribution is 0.1000. The molecule has 1 saturated heterocycles. The molecule has 33 heavy (non-hydrogen) atoms. The molecule has 0 spiro atoms. The maximum Gasteiger partial charge on any atom is 0.251 e. The average molecular weight is 439 g/mol. The van der Waals surface area contributed by atoms with Crippen molar-refractivity contribution in [2.45, 2.75) is 6.42 Å². The molecule has 0 aliphatic carbocycles. The number of nitrogens with zero attached hydrogens (tertiary/aromatic N) is 2. The van der Waals surface area contributed by atoms with Gasteiger partial charge in [0.2, 0.25) is 0 Å². The summed E-state index contributed by atoms with van der Waals surface area (Å²) in [7, 11) is 2.17. The van der Waals surface area contributed by atoms with Gasteiger partial charge in [-0.15, -0.1) is 0 Å². The van der Waals surface area contributed by atoms with E-state index in [4.69, 9.17) is 5.73 Å². The van der Waals surface area contributed by atoms with Gasteiger partial charge in [0.05, 0.1) is 11.3 Å². The molecule has 0 unspecified atom stereocenters. The van der Waals surface area contributed by atoms with Crippen molar-refractivity contribution in [3.05, 3.63) is 83.9 Å². The number of aromatic amines is 1. The van der Waals surface area contributed by atoms with Gasteiger partial charge >= 0.3 is 0 Å². The number of hydrogen-bond donors (Lipinski definition) is 2. The van der Waals surface area contributed by atoms with Crippen molar-refractivity contribution in [2.75, 3.05) is 39.8 Å². The molecule has 1 amide bonds. The zero-order chi connectivity index (χ0) is 22.8. The van der Waals surface area contributed by atoms with E-state index >= 15 is 0 Å². The molecule has 2 heterocycles. The van der Waals surface area contributed by atoms with E-state index in [1.54, 1.807) is 0 Å². The molecule has 1 fully saturated rings. The minimum atomic E-state index is -0.384. The van der Waals surface area contributed by atoms with E-state index in [1.807, 2.05) is 30.3 Å². The third kappa shape index (κ3) is 4.42. The number of piperazine rings is 1. The molecule has 3 N–H and O–H groups in total. The Morgan fingerprint density at radius 1 is 0.848 bits per heavy atom. The largest absolute Gasteiger partial charge is 0.366 e. The Balaban J connectivity index is 1.60. The van der Waals surface area contributed by atoms with Crippen molar-refractivity contribution in [3.63, 3.8) is 0 Å². The second-order valence-electron chi connectivity index (χ2n) is 8.92. The minimum Gasteiger partial charge on any atom is -0.366 e. The van der Waals surface area contributed by atoms with Crippen molar-refractivity contribution >= 4 is 16.7 Å². The van der Waals surface area contributed by atoms with Crippen LogP contribution in [-0.2, 0) is 6.42 Å². The highest BCUT2D eigenvalue weighted by Crippen LogP contribution is 2.35. The van der Waals surface area contributed by atoms with Crippen molar-refractivity contribution in [1.82, 2.24) is 14.8 Å². The fourth-order valence-electron chi connectivity index (χ4n) is 4.81. The first-order valence-electron chi connectivity index (χ1n) is 11.6. The van der Waals surface area contributed by atoms with Crippen LogP contribution in [0.4, 0.5) is 0 Å². The van der Waals surface area contributed by atoms with Crippen molar-refractivity contribution < 1.29 is 4.79 Å². The smallest absolute Gasteiger partial charge is 0.251 e. The Hall–Kier alpha value is -3.41. The van der Waals surface area contributed by atoms with Gasteiger partial charge in [-0.3, -0.25) is 4.79 Å². The number of benzene rings is 3. The van der Waals surface area contributed by atoms with E-state index in [2.05, 4.69) is 64.3 Å². The Morgan fingerprint density at radius 2 is 1.55 bits per heavy atom. The zero-order valence-electron chi connectivity index (χ0n) is 19.1. The minimum absolute atomic E-state index is 0.384. The molecule has 0 atom stereocenters. The van der Waals surface area contributed by atoms with Gasteiger partial charge in [-0.1, -0.05) is 66.7 Å². The predicted molar refractivity (Wildman–Crippen MR) is 135 cm³/mol. The Bertz CT molecular complexity index is 1270. The summed E-state index contributed by atoms with van der Waals surface area (Å²) in [6, 6.07) is 24.8. The average Bonchev–Trinajstić information content (AvgIpc) is 3.24. The second kappa shape index (κ2) is 9.22. The number of carbonyl (C=O) groups excluding carboxylic acids is 1. The van der Waals surface area contributed by atoms with Gasteiger partial charge in [0.1, 0.15) is 0 Å². The molecule has 168 valence electrons. The molecule has 1 aliphatic rings. The van der Waals surface area contributed by atoms with E-state index in [0.29, 0.717) is 5.56 Å². The molecule has 5 rings (SSSR count). The maximum absolute atomic E-state index is 12.7. The number of carbonyl (C=O) groups is 1. The molecule has 3 aromatic carbocycles. The number of nitrogens with two attached hydrogens (primary N) is 1. The van der Waals surface area contributed by atoms with Crippen LogP contribution in [0.3, 0.4) is 0 Å². The van der Waals surface area contributed by atoms with Crippen molar-refractivity contribution in [3.8, 4) is 22.5 Å². The van der Waals surface area contributed by atoms with Crippen LogP contribution in [0.2, 0.25) is 0 Å². The topological polar surface area (TPSA) is 65.4 Å². The first-order valence-corrected chi connectivity index (χ1v) is 11.6. The van der Waals surface area contributed by atoms with Crippen LogP contribution in [0.1, 0.15) is 15.9 Å². The Kier molecular flexibility index (Phi) is 5.99.